The molecule has 0 amide bonds. The molecule has 1 aliphatic heterocycles. The lowest BCUT2D eigenvalue weighted by Gasteiger charge is -2.22. The molecule has 1 N–H and O–H groups in total. The maximum atomic E-state index is 5.44. The van der Waals surface area contributed by atoms with Crippen LogP contribution < -0.4 is 10.1 Å². The largest absolute Gasteiger partial charge is 0.496 e. The fourth-order valence-electron chi connectivity index (χ4n) is 4.20. The number of fused-ring (bicyclic) bond motifs is 1. The number of hydrogen-bond donors (Lipinski definition) is 1. The summed E-state index contributed by atoms with van der Waals surface area (Å²) in [5, 5.41) is 3.49. The maximum absolute atomic E-state index is 5.44. The zero-order chi connectivity index (χ0) is 16.8. The molecule has 3 rings (SSSR count). The lowest BCUT2D eigenvalue weighted by Crippen LogP contribution is -2.40. The van der Waals surface area contributed by atoms with E-state index in [1.165, 1.54) is 44.3 Å². The first-order valence-electron chi connectivity index (χ1n) is 9.47. The third kappa shape index (κ3) is 4.03. The van der Waals surface area contributed by atoms with Crippen molar-refractivity contribution in [3.8, 4) is 5.75 Å². The highest BCUT2D eigenvalue weighted by molar-refractivity contribution is 5.80. The Kier molecular flexibility index (Phi) is 6.00. The van der Waals surface area contributed by atoms with Gasteiger partial charge in [0, 0.05) is 26.2 Å². The first-order chi connectivity index (χ1) is 11.8. The Morgan fingerprint density at radius 3 is 2.58 bits per heavy atom. The van der Waals surface area contributed by atoms with Gasteiger partial charge in [0.15, 0.2) is 5.96 Å². The molecule has 2 atom stereocenters. The molecule has 1 aliphatic carbocycles. The number of para-hydroxylation sites is 1. The third-order valence-electron chi connectivity index (χ3n) is 5.45. The molecule has 0 aromatic heterocycles. The molecule has 1 saturated carbocycles. The molecule has 2 aliphatic rings. The van der Waals surface area contributed by atoms with Gasteiger partial charge < -0.3 is 15.0 Å². The number of nitrogens with zero attached hydrogens (tertiary/aromatic N) is 2. The number of nitrogens with one attached hydrogen (secondary N) is 1. The van der Waals surface area contributed by atoms with Crippen molar-refractivity contribution in [2.45, 2.75) is 39.0 Å². The lowest BCUT2D eigenvalue weighted by molar-refractivity contribution is 0.299. The minimum Gasteiger partial charge on any atom is -0.496 e. The van der Waals surface area contributed by atoms with Gasteiger partial charge in [-0.25, -0.2) is 0 Å². The lowest BCUT2D eigenvalue weighted by atomic mass is 9.82. The Labute approximate surface area is 146 Å². The molecule has 2 unspecified atom stereocenters. The first-order valence-corrected chi connectivity index (χ1v) is 9.47. The van der Waals surface area contributed by atoms with Crippen LogP contribution in [0.1, 0.15) is 38.2 Å². The van der Waals surface area contributed by atoms with Crippen LogP contribution in [0.5, 0.6) is 5.75 Å². The van der Waals surface area contributed by atoms with Crippen molar-refractivity contribution < 1.29 is 4.74 Å². The summed E-state index contributed by atoms with van der Waals surface area (Å²) in [7, 11) is 1.73. The fraction of sp³-hybridized carbons (Fsp3) is 0.650. The van der Waals surface area contributed by atoms with Crippen molar-refractivity contribution in [1.82, 2.24) is 10.2 Å². The molecule has 24 heavy (non-hydrogen) atoms. The van der Waals surface area contributed by atoms with Gasteiger partial charge in [0.1, 0.15) is 5.75 Å². The Balaban J connectivity index is 1.61. The van der Waals surface area contributed by atoms with Crippen molar-refractivity contribution in [1.29, 1.82) is 0 Å². The molecular formula is C20H31N3O. The third-order valence-corrected chi connectivity index (χ3v) is 5.45. The molecule has 1 aromatic carbocycles. The summed E-state index contributed by atoms with van der Waals surface area (Å²) in [6.45, 7) is 6.25. The van der Waals surface area contributed by atoms with Crippen LogP contribution in [0.15, 0.2) is 29.3 Å². The number of ether oxygens (including phenoxy) is 1. The van der Waals surface area contributed by atoms with Gasteiger partial charge in [-0.3, -0.25) is 4.99 Å². The van der Waals surface area contributed by atoms with E-state index in [1.54, 1.807) is 7.11 Å². The minimum atomic E-state index is 0.800. The Hall–Kier alpha value is -1.71. The number of rotatable bonds is 5. The van der Waals surface area contributed by atoms with E-state index in [2.05, 4.69) is 29.3 Å². The van der Waals surface area contributed by atoms with E-state index in [9.17, 15) is 0 Å². The normalized spacial score (nSPS) is 23.9. The van der Waals surface area contributed by atoms with Crippen LogP contribution in [0.2, 0.25) is 0 Å². The van der Waals surface area contributed by atoms with Gasteiger partial charge in [0.2, 0.25) is 0 Å². The van der Waals surface area contributed by atoms with E-state index >= 15 is 0 Å². The van der Waals surface area contributed by atoms with Crippen LogP contribution in [0.3, 0.4) is 0 Å². The summed E-state index contributed by atoms with van der Waals surface area (Å²) in [5.41, 5.74) is 1.23. The van der Waals surface area contributed by atoms with Gasteiger partial charge in [-0.15, -0.1) is 0 Å². The SMILES string of the molecule is CCNC(=NCCc1ccccc1OC)N1CC2CCCCC2C1. The number of guanidine groups is 1. The van der Waals surface area contributed by atoms with Gasteiger partial charge >= 0.3 is 0 Å². The van der Waals surface area contributed by atoms with E-state index in [4.69, 9.17) is 9.73 Å². The predicted octanol–water partition coefficient (Wildman–Crippen LogP) is 3.33. The summed E-state index contributed by atoms with van der Waals surface area (Å²) in [6.07, 6.45) is 6.55. The van der Waals surface area contributed by atoms with E-state index < -0.39 is 0 Å². The average molecular weight is 329 g/mol. The molecule has 4 heteroatoms. The molecule has 0 bridgehead atoms. The summed E-state index contributed by atoms with van der Waals surface area (Å²) >= 11 is 0. The van der Waals surface area contributed by atoms with Crippen molar-refractivity contribution >= 4 is 5.96 Å². The van der Waals surface area contributed by atoms with Gasteiger partial charge in [-0.05, 0) is 49.7 Å². The van der Waals surface area contributed by atoms with Crippen LogP contribution >= 0.6 is 0 Å². The minimum absolute atomic E-state index is 0.800. The maximum Gasteiger partial charge on any atom is 0.193 e. The Morgan fingerprint density at radius 1 is 1.21 bits per heavy atom. The van der Waals surface area contributed by atoms with Crippen LogP contribution in [0, 0.1) is 11.8 Å². The smallest absolute Gasteiger partial charge is 0.193 e. The highest BCUT2D eigenvalue weighted by atomic mass is 16.5. The highest BCUT2D eigenvalue weighted by Crippen LogP contribution is 2.35. The van der Waals surface area contributed by atoms with Crippen molar-refractivity contribution in [2.24, 2.45) is 16.8 Å². The number of methoxy groups -OCH3 is 1. The molecule has 4 nitrogen and oxygen atoms in total. The second-order valence-corrected chi connectivity index (χ2v) is 7.01. The second kappa shape index (κ2) is 8.41. The number of likely N-dealkylation sites (tertiary alicyclic amines) is 1. The quantitative estimate of drug-likeness (QED) is 0.665. The summed E-state index contributed by atoms with van der Waals surface area (Å²) in [4.78, 5) is 7.39. The molecular weight excluding hydrogens is 298 g/mol. The zero-order valence-corrected chi connectivity index (χ0v) is 15.1. The predicted molar refractivity (Wildman–Crippen MR) is 99.7 cm³/mol. The molecule has 1 heterocycles. The Bertz CT molecular complexity index is 544. The van der Waals surface area contributed by atoms with Crippen molar-refractivity contribution in [3.63, 3.8) is 0 Å². The molecule has 1 saturated heterocycles. The molecule has 0 radical (unpaired) electrons. The van der Waals surface area contributed by atoms with Crippen molar-refractivity contribution in [3.05, 3.63) is 29.8 Å². The summed E-state index contributed by atoms with van der Waals surface area (Å²) in [6, 6.07) is 8.24. The number of hydrogen-bond acceptors (Lipinski definition) is 2. The molecule has 0 spiro atoms. The van der Waals surface area contributed by atoms with Crippen LogP contribution in [-0.4, -0.2) is 44.1 Å². The van der Waals surface area contributed by atoms with E-state index in [0.717, 1.165) is 43.1 Å². The number of aliphatic imine (C=N–C) groups is 1. The van der Waals surface area contributed by atoms with Crippen LogP contribution in [-0.2, 0) is 6.42 Å². The molecule has 2 fully saturated rings. The van der Waals surface area contributed by atoms with Gasteiger partial charge in [-0.1, -0.05) is 31.0 Å². The van der Waals surface area contributed by atoms with E-state index in [0.29, 0.717) is 0 Å². The Morgan fingerprint density at radius 2 is 1.92 bits per heavy atom. The topological polar surface area (TPSA) is 36.9 Å². The zero-order valence-electron chi connectivity index (χ0n) is 15.1. The average Bonchev–Trinajstić information content (AvgIpc) is 3.05. The second-order valence-electron chi connectivity index (χ2n) is 7.01. The number of benzene rings is 1. The first kappa shape index (κ1) is 17.1. The highest BCUT2D eigenvalue weighted by Gasteiger charge is 2.35. The van der Waals surface area contributed by atoms with Gasteiger partial charge in [-0.2, -0.15) is 0 Å². The van der Waals surface area contributed by atoms with E-state index in [-0.39, 0.29) is 0 Å². The van der Waals surface area contributed by atoms with Gasteiger partial charge in [0.25, 0.3) is 0 Å². The summed E-state index contributed by atoms with van der Waals surface area (Å²) in [5.74, 6) is 3.83. The van der Waals surface area contributed by atoms with Crippen LogP contribution in [0.4, 0.5) is 0 Å². The van der Waals surface area contributed by atoms with Crippen LogP contribution in [0.25, 0.3) is 0 Å². The fourth-order valence-corrected chi connectivity index (χ4v) is 4.20. The monoisotopic (exact) mass is 329 g/mol. The van der Waals surface area contributed by atoms with Crippen molar-refractivity contribution in [2.75, 3.05) is 33.3 Å². The molecule has 132 valence electrons. The standard InChI is InChI=1S/C20H31N3O/c1-3-21-20(23-14-17-9-4-5-10-18(17)15-23)22-13-12-16-8-6-7-11-19(16)24-2/h6-8,11,17-18H,3-5,9-10,12-15H2,1-2H3,(H,21,22). The summed E-state index contributed by atoms with van der Waals surface area (Å²) < 4.78 is 5.44. The molecule has 1 aromatic rings. The van der Waals surface area contributed by atoms with E-state index in [1.807, 2.05) is 12.1 Å². The van der Waals surface area contributed by atoms with Gasteiger partial charge in [0.05, 0.1) is 7.11 Å².